The molecule has 0 saturated carbocycles. The van der Waals surface area contributed by atoms with E-state index in [1.165, 1.54) is 6.42 Å². The normalized spacial score (nSPS) is 26.0. The van der Waals surface area contributed by atoms with Crippen molar-refractivity contribution in [1.82, 2.24) is 10.2 Å². The number of nitrogens with zero attached hydrogens (tertiary/aromatic N) is 1. The molecule has 1 N–H and O–H groups in total. The van der Waals surface area contributed by atoms with E-state index in [4.69, 9.17) is 0 Å². The van der Waals surface area contributed by atoms with Gasteiger partial charge in [-0.25, -0.2) is 8.42 Å². The lowest BCUT2D eigenvalue weighted by molar-refractivity contribution is 0.0900. The molecular weight excluding hydrogens is 348 g/mol. The SMILES string of the molecule is O=C(N[C@H]1CS(=O)(=O)C[C@H]1N1CCCCC1)c1ccc2ccccc2c1. The molecule has 2 aliphatic heterocycles. The molecule has 2 aromatic rings. The number of likely N-dealkylation sites (tertiary alicyclic amines) is 1. The van der Waals surface area contributed by atoms with Crippen LogP contribution in [0.1, 0.15) is 29.6 Å². The van der Waals surface area contributed by atoms with E-state index in [0.29, 0.717) is 5.56 Å². The Morgan fingerprint density at radius 1 is 0.962 bits per heavy atom. The standard InChI is InChI=1S/C20H24N2O3S/c23-20(17-9-8-15-6-2-3-7-16(15)12-17)21-18-13-26(24,25)14-19(18)22-10-4-1-5-11-22/h2-3,6-9,12,18-19H,1,4-5,10-11,13-14H2,(H,21,23)/t18-,19+/m0/s1. The van der Waals surface area contributed by atoms with Crippen molar-refractivity contribution in [2.75, 3.05) is 24.6 Å². The second kappa shape index (κ2) is 7.00. The molecular formula is C20H24N2O3S. The third-order valence-corrected chi connectivity index (χ3v) is 7.23. The summed E-state index contributed by atoms with van der Waals surface area (Å²) in [6.45, 7) is 1.84. The van der Waals surface area contributed by atoms with E-state index in [1.807, 2.05) is 36.4 Å². The Kier molecular flexibility index (Phi) is 4.71. The summed E-state index contributed by atoms with van der Waals surface area (Å²) in [6.07, 6.45) is 3.40. The van der Waals surface area contributed by atoms with Gasteiger partial charge in [-0.2, -0.15) is 0 Å². The molecule has 2 fully saturated rings. The van der Waals surface area contributed by atoms with E-state index in [9.17, 15) is 13.2 Å². The number of hydrogen-bond donors (Lipinski definition) is 1. The van der Waals surface area contributed by atoms with Crippen LogP contribution in [-0.4, -0.2) is 55.9 Å². The summed E-state index contributed by atoms with van der Waals surface area (Å²) in [5.41, 5.74) is 0.574. The lowest BCUT2D eigenvalue weighted by Gasteiger charge is -2.35. The first kappa shape index (κ1) is 17.5. The molecule has 6 heteroatoms. The summed E-state index contributed by atoms with van der Waals surface area (Å²) in [5, 5.41) is 5.09. The largest absolute Gasteiger partial charge is 0.347 e. The van der Waals surface area contributed by atoms with Crippen LogP contribution in [-0.2, 0) is 9.84 Å². The van der Waals surface area contributed by atoms with Gasteiger partial charge in [0.2, 0.25) is 0 Å². The molecule has 2 heterocycles. The van der Waals surface area contributed by atoms with Crippen LogP contribution >= 0.6 is 0 Å². The molecule has 26 heavy (non-hydrogen) atoms. The van der Waals surface area contributed by atoms with E-state index >= 15 is 0 Å². The fourth-order valence-corrected chi connectivity index (χ4v) is 6.11. The van der Waals surface area contributed by atoms with E-state index in [1.54, 1.807) is 6.07 Å². The van der Waals surface area contributed by atoms with E-state index < -0.39 is 9.84 Å². The Bertz CT molecular complexity index is 920. The fourth-order valence-electron chi connectivity index (χ4n) is 4.16. The van der Waals surface area contributed by atoms with Gasteiger partial charge < -0.3 is 5.32 Å². The summed E-state index contributed by atoms with van der Waals surface area (Å²) in [7, 11) is -3.11. The maximum Gasteiger partial charge on any atom is 0.251 e. The zero-order chi connectivity index (χ0) is 18.1. The minimum atomic E-state index is -3.11. The van der Waals surface area contributed by atoms with Crippen molar-refractivity contribution in [3.05, 3.63) is 48.0 Å². The maximum atomic E-state index is 12.8. The summed E-state index contributed by atoms with van der Waals surface area (Å²) in [5.74, 6) is -0.0109. The summed E-state index contributed by atoms with van der Waals surface area (Å²) in [4.78, 5) is 15.0. The van der Waals surface area contributed by atoms with Gasteiger partial charge in [-0.3, -0.25) is 9.69 Å². The van der Waals surface area contributed by atoms with E-state index in [0.717, 1.165) is 36.7 Å². The average Bonchev–Trinajstić information content (AvgIpc) is 2.96. The lowest BCUT2D eigenvalue weighted by Crippen LogP contribution is -2.52. The Balaban J connectivity index is 1.54. The third-order valence-electron chi connectivity index (χ3n) is 5.51. The predicted octanol–water partition coefficient (Wildman–Crippen LogP) is 2.22. The third kappa shape index (κ3) is 3.62. The first-order chi connectivity index (χ1) is 12.5. The highest BCUT2D eigenvalue weighted by molar-refractivity contribution is 7.91. The topological polar surface area (TPSA) is 66.5 Å². The molecule has 0 bridgehead atoms. The molecule has 0 radical (unpaired) electrons. The Morgan fingerprint density at radius 2 is 1.69 bits per heavy atom. The molecule has 1 amide bonds. The molecule has 5 nitrogen and oxygen atoms in total. The van der Waals surface area contributed by atoms with Gasteiger partial charge in [0.25, 0.3) is 5.91 Å². The number of hydrogen-bond acceptors (Lipinski definition) is 4. The number of amides is 1. The Morgan fingerprint density at radius 3 is 2.46 bits per heavy atom. The minimum absolute atomic E-state index is 0.0352. The van der Waals surface area contributed by atoms with Crippen molar-refractivity contribution >= 4 is 26.5 Å². The molecule has 4 rings (SSSR count). The molecule has 138 valence electrons. The monoisotopic (exact) mass is 372 g/mol. The van der Waals surface area contributed by atoms with Crippen LogP contribution in [0.4, 0.5) is 0 Å². The van der Waals surface area contributed by atoms with Crippen molar-refractivity contribution in [3.63, 3.8) is 0 Å². The molecule has 2 atom stereocenters. The maximum absolute atomic E-state index is 12.8. The van der Waals surface area contributed by atoms with Gasteiger partial charge in [-0.1, -0.05) is 36.8 Å². The Labute approximate surface area is 154 Å². The fraction of sp³-hybridized carbons (Fsp3) is 0.450. The zero-order valence-corrected chi connectivity index (χ0v) is 15.5. The minimum Gasteiger partial charge on any atom is -0.347 e. The van der Waals surface area contributed by atoms with Gasteiger partial charge in [-0.05, 0) is 48.8 Å². The lowest BCUT2D eigenvalue weighted by atomic mass is 10.0. The second-order valence-corrected chi connectivity index (χ2v) is 9.54. The molecule has 0 aliphatic carbocycles. The van der Waals surface area contributed by atoms with Crippen LogP contribution in [0.3, 0.4) is 0 Å². The number of nitrogens with one attached hydrogen (secondary N) is 1. The number of benzene rings is 2. The Hall–Kier alpha value is -1.92. The van der Waals surface area contributed by atoms with Crippen LogP contribution < -0.4 is 5.32 Å². The number of piperidine rings is 1. The predicted molar refractivity (Wildman–Crippen MR) is 103 cm³/mol. The van der Waals surface area contributed by atoms with Crippen LogP contribution in [0.25, 0.3) is 10.8 Å². The molecule has 2 aromatic carbocycles. The number of carbonyl (C=O) groups excluding carboxylic acids is 1. The second-order valence-electron chi connectivity index (χ2n) is 7.38. The highest BCUT2D eigenvalue weighted by Crippen LogP contribution is 2.23. The van der Waals surface area contributed by atoms with Crippen molar-refractivity contribution in [2.45, 2.75) is 31.3 Å². The molecule has 2 aliphatic rings. The van der Waals surface area contributed by atoms with Crippen molar-refractivity contribution in [1.29, 1.82) is 0 Å². The van der Waals surface area contributed by atoms with Gasteiger partial charge in [0, 0.05) is 11.6 Å². The van der Waals surface area contributed by atoms with Gasteiger partial charge in [0.1, 0.15) is 0 Å². The summed E-state index contributed by atoms with van der Waals surface area (Å²) < 4.78 is 24.4. The van der Waals surface area contributed by atoms with E-state index in [-0.39, 0.29) is 29.5 Å². The first-order valence-corrected chi connectivity index (χ1v) is 11.1. The number of rotatable bonds is 3. The zero-order valence-electron chi connectivity index (χ0n) is 14.7. The van der Waals surface area contributed by atoms with Crippen LogP contribution in [0.2, 0.25) is 0 Å². The van der Waals surface area contributed by atoms with Crippen LogP contribution in [0.15, 0.2) is 42.5 Å². The highest BCUT2D eigenvalue weighted by Gasteiger charge is 2.41. The van der Waals surface area contributed by atoms with Crippen molar-refractivity contribution < 1.29 is 13.2 Å². The smallest absolute Gasteiger partial charge is 0.251 e. The van der Waals surface area contributed by atoms with Gasteiger partial charge in [0.05, 0.1) is 17.5 Å². The molecule has 0 aromatic heterocycles. The molecule has 0 unspecified atom stereocenters. The van der Waals surface area contributed by atoms with Gasteiger partial charge in [0.15, 0.2) is 9.84 Å². The number of carbonyl (C=O) groups is 1. The first-order valence-electron chi connectivity index (χ1n) is 9.26. The molecule has 2 saturated heterocycles. The van der Waals surface area contributed by atoms with Gasteiger partial charge in [-0.15, -0.1) is 0 Å². The average molecular weight is 372 g/mol. The molecule has 0 spiro atoms. The summed E-state index contributed by atoms with van der Waals surface area (Å²) >= 11 is 0. The number of fused-ring (bicyclic) bond motifs is 1. The quantitative estimate of drug-likeness (QED) is 0.897. The summed E-state index contributed by atoms with van der Waals surface area (Å²) in [6, 6.07) is 13.0. The highest BCUT2D eigenvalue weighted by atomic mass is 32.2. The van der Waals surface area contributed by atoms with Crippen LogP contribution in [0.5, 0.6) is 0 Å². The number of sulfone groups is 1. The van der Waals surface area contributed by atoms with E-state index in [2.05, 4.69) is 10.2 Å². The van der Waals surface area contributed by atoms with Crippen LogP contribution in [0, 0.1) is 0 Å². The van der Waals surface area contributed by atoms with Crippen molar-refractivity contribution in [2.24, 2.45) is 0 Å². The van der Waals surface area contributed by atoms with Gasteiger partial charge >= 0.3 is 0 Å². The van der Waals surface area contributed by atoms with Crippen molar-refractivity contribution in [3.8, 4) is 0 Å².